The topological polar surface area (TPSA) is 68.2 Å². The zero-order valence-corrected chi connectivity index (χ0v) is 15.3. The third-order valence-corrected chi connectivity index (χ3v) is 4.28. The zero-order valence-electron chi connectivity index (χ0n) is 13.7. The Bertz CT molecular complexity index is 733. The Morgan fingerprint density at radius 2 is 2.00 bits per heavy atom. The van der Waals surface area contributed by atoms with Crippen LogP contribution in [0.3, 0.4) is 0 Å². The molecule has 0 spiro atoms. The smallest absolute Gasteiger partial charge is 0.317 e. The first kappa shape index (κ1) is 16.8. The number of carbonyl (C=O) groups is 1. The van der Waals surface area contributed by atoms with Crippen LogP contribution in [0.15, 0.2) is 29.0 Å². The van der Waals surface area contributed by atoms with Crippen molar-refractivity contribution in [2.75, 3.05) is 13.1 Å². The van der Waals surface area contributed by atoms with Crippen LogP contribution in [0.2, 0.25) is 0 Å². The van der Waals surface area contributed by atoms with E-state index in [4.69, 9.17) is 4.74 Å². The first-order valence-corrected chi connectivity index (χ1v) is 8.69. The van der Waals surface area contributed by atoms with Crippen LogP contribution in [-0.2, 0) is 0 Å². The molecule has 6 nitrogen and oxygen atoms in total. The summed E-state index contributed by atoms with van der Waals surface area (Å²) in [6, 6.07) is 4.08. The highest BCUT2D eigenvalue weighted by atomic mass is 79.9. The van der Waals surface area contributed by atoms with Gasteiger partial charge in [0.15, 0.2) is 0 Å². The van der Waals surface area contributed by atoms with Gasteiger partial charge in [0.1, 0.15) is 6.10 Å². The largest absolute Gasteiger partial charge is 0.458 e. The summed E-state index contributed by atoms with van der Waals surface area (Å²) >= 11 is 3.35. The fourth-order valence-corrected chi connectivity index (χ4v) is 3.19. The number of piperidine rings is 1. The van der Waals surface area contributed by atoms with E-state index in [-0.39, 0.29) is 12.0 Å². The summed E-state index contributed by atoms with van der Waals surface area (Å²) in [5, 5.41) is 0. The molecule has 0 saturated carbocycles. The van der Waals surface area contributed by atoms with E-state index in [2.05, 4.69) is 30.9 Å². The van der Waals surface area contributed by atoms with Gasteiger partial charge < -0.3 is 9.64 Å². The molecule has 1 aliphatic rings. The molecule has 1 saturated heterocycles. The Morgan fingerprint density at radius 1 is 1.25 bits per heavy atom. The lowest BCUT2D eigenvalue weighted by Gasteiger charge is -2.32. The second kappa shape index (κ2) is 7.25. The normalized spacial score (nSPS) is 17.6. The average molecular weight is 391 g/mol. The molecule has 2 aromatic rings. The number of aromatic nitrogens is 3. The van der Waals surface area contributed by atoms with Crippen molar-refractivity contribution in [3.8, 4) is 6.01 Å². The highest BCUT2D eigenvalue weighted by Crippen LogP contribution is 2.19. The predicted octanol–water partition coefficient (Wildman–Crippen LogP) is 2.93. The Labute approximate surface area is 149 Å². The Kier molecular flexibility index (Phi) is 5.08. The first-order chi connectivity index (χ1) is 11.5. The highest BCUT2D eigenvalue weighted by molar-refractivity contribution is 9.10. The van der Waals surface area contributed by atoms with Crippen LogP contribution in [0.4, 0.5) is 0 Å². The van der Waals surface area contributed by atoms with Gasteiger partial charge in [0.25, 0.3) is 5.91 Å². The quantitative estimate of drug-likeness (QED) is 0.805. The molecule has 1 fully saturated rings. The maximum absolute atomic E-state index is 12.6. The molecule has 1 amide bonds. The molecule has 0 bridgehead atoms. The van der Waals surface area contributed by atoms with Gasteiger partial charge in [0.2, 0.25) is 0 Å². The van der Waals surface area contributed by atoms with Crippen molar-refractivity contribution in [1.29, 1.82) is 0 Å². The molecule has 7 heteroatoms. The van der Waals surface area contributed by atoms with Crippen molar-refractivity contribution in [3.05, 3.63) is 46.0 Å². The lowest BCUT2D eigenvalue weighted by atomic mass is 10.1. The maximum Gasteiger partial charge on any atom is 0.317 e. The fourth-order valence-electron chi connectivity index (χ4n) is 2.83. The predicted molar refractivity (Wildman–Crippen MR) is 93.0 cm³/mol. The number of hydrogen-bond acceptors (Lipinski definition) is 5. The lowest BCUT2D eigenvalue weighted by molar-refractivity contribution is 0.0514. The molecule has 1 atom stereocenters. The number of hydrogen-bond donors (Lipinski definition) is 0. The summed E-state index contributed by atoms with van der Waals surface area (Å²) in [6.07, 6.45) is 4.93. The molecular weight excluding hydrogens is 372 g/mol. The second-order valence-corrected chi connectivity index (χ2v) is 6.87. The third kappa shape index (κ3) is 4.08. The molecule has 3 rings (SSSR count). The summed E-state index contributed by atoms with van der Waals surface area (Å²) < 4.78 is 6.71. The zero-order chi connectivity index (χ0) is 17.1. The summed E-state index contributed by atoms with van der Waals surface area (Å²) in [6.45, 7) is 5.08. The van der Waals surface area contributed by atoms with Crippen molar-refractivity contribution >= 4 is 21.8 Å². The average Bonchev–Trinajstić information content (AvgIpc) is 2.53. The second-order valence-electron chi connectivity index (χ2n) is 5.96. The minimum Gasteiger partial charge on any atom is -0.458 e. The van der Waals surface area contributed by atoms with Gasteiger partial charge in [-0.1, -0.05) is 0 Å². The summed E-state index contributed by atoms with van der Waals surface area (Å²) in [5.41, 5.74) is 2.33. The van der Waals surface area contributed by atoms with E-state index in [0.29, 0.717) is 18.1 Å². The summed E-state index contributed by atoms with van der Waals surface area (Å²) in [5.74, 6) is -0.0292. The molecule has 0 radical (unpaired) electrons. The monoisotopic (exact) mass is 390 g/mol. The number of nitrogens with zero attached hydrogens (tertiary/aromatic N) is 4. The third-order valence-electron chi connectivity index (χ3n) is 3.85. The minimum absolute atomic E-state index is 0.0292. The van der Waals surface area contributed by atoms with E-state index >= 15 is 0 Å². The van der Waals surface area contributed by atoms with E-state index in [1.165, 1.54) is 0 Å². The Morgan fingerprint density at radius 3 is 2.71 bits per heavy atom. The number of likely N-dealkylation sites (tertiary alicyclic amines) is 1. The van der Waals surface area contributed by atoms with Crippen LogP contribution >= 0.6 is 15.9 Å². The van der Waals surface area contributed by atoms with Crippen molar-refractivity contribution in [2.45, 2.75) is 32.8 Å². The SMILES string of the molecule is Cc1cc(C)nc(OC2CCCN(C(=O)c3cncc(Br)c3)C2)n1. The number of ether oxygens (including phenoxy) is 1. The molecule has 1 unspecified atom stereocenters. The molecule has 24 heavy (non-hydrogen) atoms. The number of aryl methyl sites for hydroxylation is 2. The van der Waals surface area contributed by atoms with Crippen molar-refractivity contribution in [1.82, 2.24) is 19.9 Å². The molecule has 3 heterocycles. The number of halogens is 1. The Balaban J connectivity index is 1.69. The van der Waals surface area contributed by atoms with Gasteiger partial charge in [-0.2, -0.15) is 0 Å². The summed E-state index contributed by atoms with van der Waals surface area (Å²) in [7, 11) is 0. The van der Waals surface area contributed by atoms with Crippen LogP contribution < -0.4 is 4.74 Å². The molecular formula is C17H19BrN4O2. The number of amides is 1. The lowest BCUT2D eigenvalue weighted by Crippen LogP contribution is -2.44. The van der Waals surface area contributed by atoms with E-state index < -0.39 is 0 Å². The number of pyridine rings is 1. The highest BCUT2D eigenvalue weighted by Gasteiger charge is 2.26. The Hall–Kier alpha value is -2.02. The van der Waals surface area contributed by atoms with Gasteiger partial charge in [-0.3, -0.25) is 9.78 Å². The van der Waals surface area contributed by atoms with Crippen LogP contribution in [0.25, 0.3) is 0 Å². The van der Waals surface area contributed by atoms with Crippen LogP contribution in [0, 0.1) is 13.8 Å². The van der Waals surface area contributed by atoms with Crippen molar-refractivity contribution in [2.24, 2.45) is 0 Å². The van der Waals surface area contributed by atoms with Crippen LogP contribution in [0.5, 0.6) is 6.01 Å². The number of carbonyl (C=O) groups excluding carboxylic acids is 1. The maximum atomic E-state index is 12.6. The van der Waals surface area contributed by atoms with E-state index in [9.17, 15) is 4.79 Å². The molecule has 126 valence electrons. The van der Waals surface area contributed by atoms with Gasteiger partial charge in [0, 0.05) is 34.8 Å². The van der Waals surface area contributed by atoms with E-state index in [1.54, 1.807) is 23.4 Å². The van der Waals surface area contributed by atoms with E-state index in [0.717, 1.165) is 35.2 Å². The molecule has 0 aromatic carbocycles. The van der Waals surface area contributed by atoms with Gasteiger partial charge >= 0.3 is 6.01 Å². The molecule has 2 aromatic heterocycles. The summed E-state index contributed by atoms with van der Waals surface area (Å²) in [4.78, 5) is 27.1. The minimum atomic E-state index is -0.0935. The number of rotatable bonds is 3. The van der Waals surface area contributed by atoms with Gasteiger partial charge in [-0.25, -0.2) is 9.97 Å². The van der Waals surface area contributed by atoms with Gasteiger partial charge in [0.05, 0.1) is 12.1 Å². The van der Waals surface area contributed by atoms with Crippen LogP contribution in [-0.4, -0.2) is 45.0 Å². The van der Waals surface area contributed by atoms with E-state index in [1.807, 2.05) is 19.9 Å². The van der Waals surface area contributed by atoms with Crippen molar-refractivity contribution in [3.63, 3.8) is 0 Å². The molecule has 0 aliphatic carbocycles. The van der Waals surface area contributed by atoms with Gasteiger partial charge in [-0.15, -0.1) is 0 Å². The van der Waals surface area contributed by atoms with Crippen molar-refractivity contribution < 1.29 is 9.53 Å². The van der Waals surface area contributed by atoms with Crippen LogP contribution in [0.1, 0.15) is 34.6 Å². The van der Waals surface area contributed by atoms with Gasteiger partial charge in [-0.05, 0) is 54.8 Å². The standard InChI is InChI=1S/C17H19BrN4O2/c1-11-6-12(2)21-17(20-11)24-15-4-3-5-22(10-15)16(23)13-7-14(18)9-19-8-13/h6-9,15H,3-5,10H2,1-2H3. The first-order valence-electron chi connectivity index (χ1n) is 7.90. The fraction of sp³-hybridized carbons (Fsp3) is 0.412. The molecule has 0 N–H and O–H groups in total. The molecule has 1 aliphatic heterocycles.